The Morgan fingerprint density at radius 2 is 1.72 bits per heavy atom. The quantitative estimate of drug-likeness (QED) is 0.437. The van der Waals surface area contributed by atoms with Crippen LogP contribution in [0.5, 0.6) is 0 Å². The fourth-order valence-corrected chi connectivity index (χ4v) is 6.82. The molecule has 2 aromatic heterocycles. The zero-order valence-electron chi connectivity index (χ0n) is 17.0. The van der Waals surface area contributed by atoms with Crippen LogP contribution < -0.4 is 5.32 Å². The number of hydrogen-bond acceptors (Lipinski definition) is 7. The first-order chi connectivity index (χ1) is 15.5. The van der Waals surface area contributed by atoms with Gasteiger partial charge in [-0.05, 0) is 49.2 Å². The summed E-state index contributed by atoms with van der Waals surface area (Å²) in [6.07, 6.45) is 2.82. The lowest BCUT2D eigenvalue weighted by atomic mass is 10.2. The highest BCUT2D eigenvalue weighted by molar-refractivity contribution is 7.89. The number of thiazole rings is 2. The highest BCUT2D eigenvalue weighted by Crippen LogP contribution is 2.32. The lowest BCUT2D eigenvalue weighted by Gasteiger charge is -2.25. The van der Waals surface area contributed by atoms with Crippen LogP contribution in [0.2, 0.25) is 0 Å². The number of para-hydroxylation sites is 1. The molecule has 10 heteroatoms. The summed E-state index contributed by atoms with van der Waals surface area (Å²) in [5.74, 6) is -0.336. The predicted octanol–water partition coefficient (Wildman–Crippen LogP) is 4.85. The van der Waals surface area contributed by atoms with Crippen LogP contribution in [-0.4, -0.2) is 41.7 Å². The fourth-order valence-electron chi connectivity index (χ4n) is 3.61. The van der Waals surface area contributed by atoms with Crippen molar-refractivity contribution in [2.24, 2.45) is 0 Å². The minimum absolute atomic E-state index is 0.211. The van der Waals surface area contributed by atoms with E-state index in [1.807, 2.05) is 29.6 Å². The third kappa shape index (κ3) is 4.18. The van der Waals surface area contributed by atoms with E-state index in [-0.39, 0.29) is 10.8 Å². The first-order valence-corrected chi connectivity index (χ1v) is 13.4. The van der Waals surface area contributed by atoms with E-state index in [1.54, 1.807) is 11.3 Å². The number of anilines is 1. The molecule has 164 valence electrons. The molecule has 7 nitrogen and oxygen atoms in total. The summed E-state index contributed by atoms with van der Waals surface area (Å²) in [5.41, 5.74) is 2.01. The van der Waals surface area contributed by atoms with E-state index in [0.29, 0.717) is 23.8 Å². The number of sulfonamides is 1. The van der Waals surface area contributed by atoms with Crippen molar-refractivity contribution in [2.75, 3.05) is 18.4 Å². The van der Waals surface area contributed by atoms with E-state index >= 15 is 0 Å². The van der Waals surface area contributed by atoms with Crippen molar-refractivity contribution in [3.63, 3.8) is 0 Å². The topological polar surface area (TPSA) is 92.3 Å². The van der Waals surface area contributed by atoms with Gasteiger partial charge >= 0.3 is 0 Å². The van der Waals surface area contributed by atoms with Crippen LogP contribution in [0, 0.1) is 0 Å². The molecular formula is C22H20N4O3S3. The minimum atomic E-state index is -3.52. The summed E-state index contributed by atoms with van der Waals surface area (Å²) >= 11 is 2.88. The maximum absolute atomic E-state index is 12.8. The molecule has 0 atom stereocenters. The van der Waals surface area contributed by atoms with Crippen molar-refractivity contribution in [3.05, 3.63) is 59.5 Å². The first-order valence-electron chi connectivity index (χ1n) is 10.2. The van der Waals surface area contributed by atoms with Crippen LogP contribution in [0.1, 0.15) is 29.6 Å². The Morgan fingerprint density at radius 1 is 0.969 bits per heavy atom. The third-order valence-corrected chi connectivity index (χ3v) is 9.04. The number of benzene rings is 2. The highest BCUT2D eigenvalue weighted by Gasteiger charge is 2.26. The second-order valence-corrected chi connectivity index (χ2v) is 11.3. The molecule has 1 N–H and O–H groups in total. The van der Waals surface area contributed by atoms with Gasteiger partial charge in [-0.2, -0.15) is 4.31 Å². The summed E-state index contributed by atoms with van der Waals surface area (Å²) in [5, 5.41) is 5.92. The number of carbonyl (C=O) groups excluding carboxylic acids is 1. The number of fused-ring (bicyclic) bond motifs is 1. The van der Waals surface area contributed by atoms with Crippen LogP contribution in [0.4, 0.5) is 5.13 Å². The van der Waals surface area contributed by atoms with Gasteiger partial charge in [0.1, 0.15) is 10.7 Å². The average molecular weight is 485 g/mol. The number of nitrogens with zero attached hydrogens (tertiary/aromatic N) is 3. The number of aromatic nitrogens is 2. The molecule has 0 unspecified atom stereocenters. The summed E-state index contributed by atoms with van der Waals surface area (Å²) in [6.45, 7) is 1.09. The third-order valence-electron chi connectivity index (χ3n) is 5.31. The minimum Gasteiger partial charge on any atom is -0.298 e. The number of piperidine rings is 1. The molecular weight excluding hydrogens is 464 g/mol. The Balaban J connectivity index is 1.29. The first kappa shape index (κ1) is 21.2. The Kier molecular flexibility index (Phi) is 5.76. The van der Waals surface area contributed by atoms with Crippen LogP contribution in [0.25, 0.3) is 20.9 Å². The summed E-state index contributed by atoms with van der Waals surface area (Å²) in [7, 11) is -3.52. The van der Waals surface area contributed by atoms with Crippen molar-refractivity contribution >= 4 is 54.0 Å². The summed E-state index contributed by atoms with van der Waals surface area (Å²) in [6, 6.07) is 13.9. The van der Waals surface area contributed by atoms with E-state index in [0.717, 1.165) is 40.2 Å². The summed E-state index contributed by atoms with van der Waals surface area (Å²) < 4.78 is 28.1. The average Bonchev–Trinajstić information content (AvgIpc) is 3.46. The molecule has 0 radical (unpaired) electrons. The Morgan fingerprint density at radius 3 is 2.47 bits per heavy atom. The Labute approximate surface area is 193 Å². The van der Waals surface area contributed by atoms with E-state index in [9.17, 15) is 13.2 Å². The number of nitrogens with one attached hydrogen (secondary N) is 1. The van der Waals surface area contributed by atoms with Gasteiger partial charge < -0.3 is 0 Å². The molecule has 1 aliphatic rings. The van der Waals surface area contributed by atoms with Crippen LogP contribution >= 0.6 is 22.7 Å². The van der Waals surface area contributed by atoms with Gasteiger partial charge in [0.05, 0.1) is 15.1 Å². The molecule has 2 aromatic carbocycles. The molecule has 0 aliphatic carbocycles. The van der Waals surface area contributed by atoms with Gasteiger partial charge in [-0.15, -0.1) is 22.7 Å². The van der Waals surface area contributed by atoms with Crippen molar-refractivity contribution in [2.45, 2.75) is 24.2 Å². The Hall–Kier alpha value is -2.66. The zero-order chi connectivity index (χ0) is 22.1. The molecule has 32 heavy (non-hydrogen) atoms. The molecule has 1 fully saturated rings. The predicted molar refractivity (Wildman–Crippen MR) is 128 cm³/mol. The molecule has 4 aromatic rings. The van der Waals surface area contributed by atoms with Gasteiger partial charge in [-0.1, -0.05) is 18.6 Å². The number of hydrogen-bond donors (Lipinski definition) is 1. The number of rotatable bonds is 5. The van der Waals surface area contributed by atoms with Gasteiger partial charge in [0.15, 0.2) is 5.13 Å². The molecule has 5 rings (SSSR count). The van der Waals surface area contributed by atoms with Gasteiger partial charge in [-0.3, -0.25) is 10.1 Å². The number of carbonyl (C=O) groups is 1. The monoisotopic (exact) mass is 484 g/mol. The van der Waals surface area contributed by atoms with E-state index in [4.69, 9.17) is 0 Å². The van der Waals surface area contributed by atoms with Gasteiger partial charge in [0.25, 0.3) is 5.91 Å². The van der Waals surface area contributed by atoms with Crippen molar-refractivity contribution < 1.29 is 13.2 Å². The Bertz CT molecular complexity index is 1340. The largest absolute Gasteiger partial charge is 0.298 e. The van der Waals surface area contributed by atoms with Gasteiger partial charge in [0.2, 0.25) is 10.0 Å². The standard InChI is InChI=1S/C22H20N4O3S3/c27-20(15-8-10-16(11-9-15)32(28,29)26-12-4-1-5-13-26)25-22-24-18(14-30-22)21-23-17-6-2-3-7-19(17)31-21/h2-3,6-11,14H,1,4-5,12-13H2,(H,24,25,27). The smallest absolute Gasteiger partial charge is 0.257 e. The molecule has 0 spiro atoms. The van der Waals surface area contributed by atoms with Crippen LogP contribution in [0.15, 0.2) is 58.8 Å². The van der Waals surface area contributed by atoms with Crippen molar-refractivity contribution in [1.29, 1.82) is 0 Å². The molecule has 1 aliphatic heterocycles. The van der Waals surface area contributed by atoms with Crippen molar-refractivity contribution in [1.82, 2.24) is 14.3 Å². The molecule has 1 amide bonds. The maximum Gasteiger partial charge on any atom is 0.257 e. The summed E-state index contributed by atoms with van der Waals surface area (Å²) in [4.78, 5) is 21.9. The lowest BCUT2D eigenvalue weighted by molar-refractivity contribution is 0.102. The van der Waals surface area contributed by atoms with Gasteiger partial charge in [0, 0.05) is 24.0 Å². The molecule has 1 saturated heterocycles. The lowest BCUT2D eigenvalue weighted by Crippen LogP contribution is -2.35. The SMILES string of the molecule is O=C(Nc1nc(-c2nc3ccccc3s2)cs1)c1ccc(S(=O)(=O)N2CCCCC2)cc1. The van der Waals surface area contributed by atoms with Crippen LogP contribution in [0.3, 0.4) is 0 Å². The molecule has 0 bridgehead atoms. The second kappa shape index (κ2) is 8.70. The van der Waals surface area contributed by atoms with Crippen LogP contribution in [-0.2, 0) is 10.0 Å². The fraction of sp³-hybridized carbons (Fsp3) is 0.227. The van der Waals surface area contributed by atoms with E-state index in [1.165, 1.54) is 39.9 Å². The van der Waals surface area contributed by atoms with Crippen molar-refractivity contribution in [3.8, 4) is 10.7 Å². The van der Waals surface area contributed by atoms with Gasteiger partial charge in [-0.25, -0.2) is 18.4 Å². The molecule has 0 saturated carbocycles. The normalized spacial score (nSPS) is 15.1. The highest BCUT2D eigenvalue weighted by atomic mass is 32.2. The second-order valence-electron chi connectivity index (χ2n) is 7.47. The van der Waals surface area contributed by atoms with E-state index in [2.05, 4.69) is 15.3 Å². The van der Waals surface area contributed by atoms with E-state index < -0.39 is 10.0 Å². The zero-order valence-corrected chi connectivity index (χ0v) is 19.5. The molecule has 3 heterocycles. The number of amides is 1. The maximum atomic E-state index is 12.8.